The molecule has 0 radical (unpaired) electrons. The summed E-state index contributed by atoms with van der Waals surface area (Å²) >= 11 is 0. The molecule has 0 bridgehead atoms. The molecular weight excluding hydrogens is 399 g/mol. The van der Waals surface area contributed by atoms with Gasteiger partial charge in [0.05, 0.1) is 18.2 Å². The van der Waals surface area contributed by atoms with Crippen LogP contribution < -0.4 is 10.9 Å². The molecule has 164 valence electrons. The molecule has 7 nitrogen and oxygen atoms in total. The van der Waals surface area contributed by atoms with Crippen LogP contribution in [0.2, 0.25) is 0 Å². The van der Waals surface area contributed by atoms with Gasteiger partial charge in [-0.3, -0.25) is 14.7 Å². The van der Waals surface area contributed by atoms with Crippen LogP contribution in [0.25, 0.3) is 5.65 Å². The Hall–Kier alpha value is -3.00. The zero-order valence-electron chi connectivity index (χ0n) is 17.7. The summed E-state index contributed by atoms with van der Waals surface area (Å²) in [6.07, 6.45) is 1.72. The normalized spacial score (nSPS) is 16.0. The van der Waals surface area contributed by atoms with Gasteiger partial charge >= 0.3 is 0 Å². The number of hydrogen-bond donors (Lipinski definition) is 2. The summed E-state index contributed by atoms with van der Waals surface area (Å²) < 4.78 is 20.8. The molecule has 0 unspecified atom stereocenters. The zero-order valence-corrected chi connectivity index (χ0v) is 17.7. The van der Waals surface area contributed by atoms with Crippen molar-refractivity contribution in [1.82, 2.24) is 19.9 Å². The molecule has 1 saturated heterocycles. The van der Waals surface area contributed by atoms with Gasteiger partial charge in [0.2, 0.25) is 5.91 Å². The number of amides is 1. The van der Waals surface area contributed by atoms with Gasteiger partial charge in [-0.05, 0) is 30.4 Å². The van der Waals surface area contributed by atoms with Crippen molar-refractivity contribution < 1.29 is 13.9 Å². The van der Waals surface area contributed by atoms with Gasteiger partial charge in [0.15, 0.2) is 5.65 Å². The molecule has 1 amide bonds. The maximum absolute atomic E-state index is 13.9. The molecule has 1 aliphatic heterocycles. The highest BCUT2D eigenvalue weighted by atomic mass is 19.1. The largest absolute Gasteiger partial charge is 0.381 e. The smallest absolute Gasteiger partial charge is 0.272 e. The maximum Gasteiger partial charge on any atom is 0.272 e. The first-order valence-electron chi connectivity index (χ1n) is 10.7. The van der Waals surface area contributed by atoms with E-state index in [9.17, 15) is 14.0 Å². The molecule has 2 N–H and O–H groups in total. The first-order valence-corrected chi connectivity index (χ1v) is 10.7. The molecular formula is C23H27FN4O3. The van der Waals surface area contributed by atoms with Gasteiger partial charge in [0, 0.05) is 37.0 Å². The van der Waals surface area contributed by atoms with Crippen LogP contribution >= 0.6 is 0 Å². The van der Waals surface area contributed by atoms with Crippen LogP contribution in [-0.4, -0.2) is 33.7 Å². The molecule has 0 aliphatic carbocycles. The number of aromatic nitrogens is 3. The second kappa shape index (κ2) is 9.01. The van der Waals surface area contributed by atoms with Crippen molar-refractivity contribution in [3.63, 3.8) is 0 Å². The Labute approximate surface area is 179 Å². The summed E-state index contributed by atoms with van der Waals surface area (Å²) in [7, 11) is 0. The monoisotopic (exact) mass is 426 g/mol. The number of fused-ring (bicyclic) bond motifs is 1. The standard InChI is InChI=1S/C23H27FN4O3/c1-14(2)23(26-21(29)11-16-5-3-4-6-17(16)24)19-13-22(30)28-20(25-19)12-18(27-28)15-7-9-31-10-8-15/h3-6,12-15,23,27H,7-11H2,1-2H3,(H,26,29)/t23-/m1/s1. The summed E-state index contributed by atoms with van der Waals surface area (Å²) in [5.74, 6) is -0.431. The molecule has 8 heteroatoms. The van der Waals surface area contributed by atoms with Crippen LogP contribution in [0.3, 0.4) is 0 Å². The summed E-state index contributed by atoms with van der Waals surface area (Å²) in [6, 6.07) is 9.10. The minimum Gasteiger partial charge on any atom is -0.381 e. The first-order chi connectivity index (χ1) is 14.9. The molecule has 3 aromatic rings. The van der Waals surface area contributed by atoms with Crippen LogP contribution in [0.15, 0.2) is 41.2 Å². The lowest BCUT2D eigenvalue weighted by atomic mass is 9.97. The summed E-state index contributed by atoms with van der Waals surface area (Å²) in [5.41, 5.74) is 2.09. The van der Waals surface area contributed by atoms with Gasteiger partial charge in [-0.1, -0.05) is 32.0 Å². The number of nitrogens with one attached hydrogen (secondary N) is 2. The van der Waals surface area contributed by atoms with Gasteiger partial charge in [-0.2, -0.15) is 0 Å². The average molecular weight is 426 g/mol. The third-order valence-electron chi connectivity index (χ3n) is 5.76. The van der Waals surface area contributed by atoms with E-state index in [0.717, 1.165) is 18.5 Å². The Morgan fingerprint density at radius 1 is 1.29 bits per heavy atom. The van der Waals surface area contributed by atoms with Crippen molar-refractivity contribution in [3.05, 3.63) is 69.5 Å². The molecule has 4 rings (SSSR count). The van der Waals surface area contributed by atoms with Crippen molar-refractivity contribution in [1.29, 1.82) is 0 Å². The Bertz CT molecular complexity index is 1130. The van der Waals surface area contributed by atoms with Crippen LogP contribution in [0, 0.1) is 11.7 Å². The van der Waals surface area contributed by atoms with Crippen molar-refractivity contribution in [2.45, 2.75) is 45.1 Å². The third-order valence-corrected chi connectivity index (χ3v) is 5.76. The van der Waals surface area contributed by atoms with Gasteiger partial charge < -0.3 is 10.1 Å². The van der Waals surface area contributed by atoms with Gasteiger partial charge in [-0.15, -0.1) is 0 Å². The summed E-state index contributed by atoms with van der Waals surface area (Å²) in [4.78, 5) is 30.0. The fourth-order valence-electron chi connectivity index (χ4n) is 4.03. The molecule has 1 fully saturated rings. The minimum atomic E-state index is -0.460. The lowest BCUT2D eigenvalue weighted by molar-refractivity contribution is -0.121. The second-order valence-electron chi connectivity index (χ2n) is 8.37. The highest BCUT2D eigenvalue weighted by Crippen LogP contribution is 2.26. The number of halogens is 1. The average Bonchev–Trinajstić information content (AvgIpc) is 3.19. The van der Waals surface area contributed by atoms with E-state index in [-0.39, 0.29) is 23.8 Å². The van der Waals surface area contributed by atoms with Gasteiger partial charge in [0.1, 0.15) is 5.82 Å². The van der Waals surface area contributed by atoms with Crippen molar-refractivity contribution in [3.8, 4) is 0 Å². The van der Waals surface area contributed by atoms with Crippen LogP contribution in [0.4, 0.5) is 4.39 Å². The van der Waals surface area contributed by atoms with E-state index in [0.29, 0.717) is 36.0 Å². The number of benzene rings is 1. The maximum atomic E-state index is 13.9. The van der Waals surface area contributed by atoms with E-state index in [1.165, 1.54) is 16.6 Å². The van der Waals surface area contributed by atoms with Crippen molar-refractivity contribution in [2.75, 3.05) is 13.2 Å². The SMILES string of the molecule is CC(C)[C@@H](NC(=O)Cc1ccccc1F)c1cc(=O)n2[nH]c(C3CCOCC3)cc2n1. The second-order valence-corrected chi connectivity index (χ2v) is 8.37. The van der Waals surface area contributed by atoms with E-state index >= 15 is 0 Å². The fraction of sp³-hybridized carbons (Fsp3) is 0.435. The van der Waals surface area contributed by atoms with E-state index < -0.39 is 11.9 Å². The number of ether oxygens (including phenoxy) is 1. The molecule has 0 spiro atoms. The summed E-state index contributed by atoms with van der Waals surface area (Å²) in [5, 5.41) is 6.09. The Kier molecular flexibility index (Phi) is 6.18. The lowest BCUT2D eigenvalue weighted by Gasteiger charge is -2.22. The molecule has 1 atom stereocenters. The first kappa shape index (κ1) is 21.2. The number of carbonyl (C=O) groups excluding carboxylic acids is 1. The lowest BCUT2D eigenvalue weighted by Crippen LogP contribution is -2.34. The van der Waals surface area contributed by atoms with Crippen molar-refractivity contribution in [2.24, 2.45) is 5.92 Å². The number of aromatic amines is 1. The highest BCUT2D eigenvalue weighted by molar-refractivity contribution is 5.79. The number of nitrogens with zero attached hydrogens (tertiary/aromatic N) is 2. The van der Waals surface area contributed by atoms with Crippen LogP contribution in [0.5, 0.6) is 0 Å². The molecule has 2 aromatic heterocycles. The van der Waals surface area contributed by atoms with E-state index in [4.69, 9.17) is 4.74 Å². The van der Waals surface area contributed by atoms with Gasteiger partial charge in [0.25, 0.3) is 5.56 Å². The Balaban J connectivity index is 1.58. The number of carbonyl (C=O) groups is 1. The topological polar surface area (TPSA) is 88.5 Å². The molecule has 1 aliphatic rings. The third kappa shape index (κ3) is 4.69. The molecule has 3 heterocycles. The Morgan fingerprint density at radius 3 is 2.74 bits per heavy atom. The quantitative estimate of drug-likeness (QED) is 0.634. The Morgan fingerprint density at radius 2 is 2.03 bits per heavy atom. The molecule has 0 saturated carbocycles. The summed E-state index contributed by atoms with van der Waals surface area (Å²) in [6.45, 7) is 5.30. The predicted molar refractivity (Wildman–Crippen MR) is 114 cm³/mol. The van der Waals surface area contributed by atoms with Gasteiger partial charge in [-0.25, -0.2) is 13.9 Å². The minimum absolute atomic E-state index is 0.00664. The van der Waals surface area contributed by atoms with E-state index in [2.05, 4.69) is 15.4 Å². The highest BCUT2D eigenvalue weighted by Gasteiger charge is 2.23. The fourth-order valence-corrected chi connectivity index (χ4v) is 4.03. The van der Waals surface area contributed by atoms with Crippen molar-refractivity contribution >= 4 is 11.6 Å². The molecule has 31 heavy (non-hydrogen) atoms. The zero-order chi connectivity index (χ0) is 22.0. The van der Waals surface area contributed by atoms with Crippen LogP contribution in [-0.2, 0) is 16.0 Å². The molecule has 1 aromatic carbocycles. The van der Waals surface area contributed by atoms with E-state index in [1.54, 1.807) is 18.2 Å². The predicted octanol–water partition coefficient (Wildman–Crippen LogP) is 3.11. The van der Waals surface area contributed by atoms with Crippen LogP contribution in [0.1, 0.15) is 55.6 Å². The number of rotatable bonds is 6. The van der Waals surface area contributed by atoms with E-state index in [1.807, 2.05) is 19.9 Å². The number of H-pyrrole nitrogens is 1. The number of hydrogen-bond acceptors (Lipinski definition) is 4.